The third kappa shape index (κ3) is 6.15. The van der Waals surface area contributed by atoms with E-state index in [9.17, 15) is 4.79 Å². The number of thiocarbonyl (C=S) groups is 1. The van der Waals surface area contributed by atoms with Crippen molar-refractivity contribution in [2.45, 2.75) is 27.2 Å². The van der Waals surface area contributed by atoms with Crippen molar-refractivity contribution in [2.24, 2.45) is 11.1 Å². The lowest BCUT2D eigenvalue weighted by atomic mass is 9.94. The van der Waals surface area contributed by atoms with Crippen LogP contribution in [0.5, 0.6) is 0 Å². The Balaban J connectivity index is 2.52. The zero-order valence-electron chi connectivity index (χ0n) is 12.9. The molecule has 116 valence electrons. The van der Waals surface area contributed by atoms with E-state index in [1.807, 2.05) is 25.7 Å². The van der Waals surface area contributed by atoms with Crippen LogP contribution in [0.3, 0.4) is 0 Å². The van der Waals surface area contributed by atoms with Crippen LogP contribution in [0.4, 0.5) is 0 Å². The summed E-state index contributed by atoms with van der Waals surface area (Å²) >= 11 is 4.92. The molecule has 0 bridgehead atoms. The van der Waals surface area contributed by atoms with Gasteiger partial charge in [-0.25, -0.2) is 0 Å². The van der Waals surface area contributed by atoms with Crippen LogP contribution in [0, 0.1) is 5.41 Å². The number of nitrogens with two attached hydrogens (primary N) is 1. The van der Waals surface area contributed by atoms with Crippen molar-refractivity contribution in [1.29, 1.82) is 0 Å². The van der Waals surface area contributed by atoms with Gasteiger partial charge in [-0.05, 0) is 0 Å². The fraction of sp³-hybridized carbons (Fsp3) is 0.857. The predicted molar refractivity (Wildman–Crippen MR) is 84.7 cm³/mol. The standard InChI is InChI=1S/C14H27N3O2S/c1-14(2,3)13(18)17(5-4-12(15)20)7-6-16-8-10-19-11-9-16/h4-11H2,1-3H3,(H2,15,20). The number of rotatable bonds is 6. The van der Waals surface area contributed by atoms with Gasteiger partial charge in [-0.1, -0.05) is 33.0 Å². The summed E-state index contributed by atoms with van der Waals surface area (Å²) in [6.07, 6.45) is 0.584. The Hall–Kier alpha value is -0.720. The number of hydrogen-bond donors (Lipinski definition) is 1. The molecule has 0 aromatic heterocycles. The third-order valence-corrected chi connectivity index (χ3v) is 3.55. The van der Waals surface area contributed by atoms with Crippen LogP contribution in [0.15, 0.2) is 0 Å². The van der Waals surface area contributed by atoms with Gasteiger partial charge in [0.05, 0.1) is 18.2 Å². The van der Waals surface area contributed by atoms with Gasteiger partial charge in [0.1, 0.15) is 0 Å². The molecular formula is C14H27N3O2S. The van der Waals surface area contributed by atoms with Crippen molar-refractivity contribution in [1.82, 2.24) is 9.80 Å². The average molecular weight is 301 g/mol. The highest BCUT2D eigenvalue weighted by Crippen LogP contribution is 2.17. The van der Waals surface area contributed by atoms with Crippen LogP contribution in [-0.4, -0.2) is 66.6 Å². The molecule has 0 saturated carbocycles. The van der Waals surface area contributed by atoms with Crippen molar-refractivity contribution < 1.29 is 9.53 Å². The number of amides is 1. The Kier molecular flexibility index (Phi) is 6.85. The van der Waals surface area contributed by atoms with Gasteiger partial charge in [0.25, 0.3) is 0 Å². The molecule has 0 aromatic rings. The molecule has 0 aromatic carbocycles. The molecule has 0 radical (unpaired) electrons. The zero-order chi connectivity index (χ0) is 15.2. The highest BCUT2D eigenvalue weighted by atomic mass is 32.1. The molecule has 1 amide bonds. The van der Waals surface area contributed by atoms with E-state index in [-0.39, 0.29) is 11.3 Å². The first-order chi connectivity index (χ1) is 9.30. The van der Waals surface area contributed by atoms with Crippen molar-refractivity contribution in [3.8, 4) is 0 Å². The molecule has 0 spiro atoms. The SMILES string of the molecule is CC(C)(C)C(=O)N(CCC(N)=S)CCN1CCOCC1. The summed E-state index contributed by atoms with van der Waals surface area (Å²) in [4.78, 5) is 17.1. The van der Waals surface area contributed by atoms with Gasteiger partial charge in [-0.2, -0.15) is 0 Å². The molecule has 1 heterocycles. The molecule has 1 aliphatic rings. The van der Waals surface area contributed by atoms with Crippen molar-refractivity contribution in [3.05, 3.63) is 0 Å². The van der Waals surface area contributed by atoms with E-state index in [0.29, 0.717) is 18.0 Å². The lowest BCUT2D eigenvalue weighted by molar-refractivity contribution is -0.139. The van der Waals surface area contributed by atoms with Crippen LogP contribution in [-0.2, 0) is 9.53 Å². The second-order valence-corrected chi connectivity index (χ2v) is 6.74. The second kappa shape index (κ2) is 7.90. The fourth-order valence-electron chi connectivity index (χ4n) is 2.12. The molecule has 0 aliphatic carbocycles. The van der Waals surface area contributed by atoms with Gasteiger partial charge in [-0.15, -0.1) is 0 Å². The van der Waals surface area contributed by atoms with E-state index in [0.717, 1.165) is 39.4 Å². The largest absolute Gasteiger partial charge is 0.393 e. The molecule has 1 saturated heterocycles. The maximum Gasteiger partial charge on any atom is 0.228 e. The first kappa shape index (κ1) is 17.3. The summed E-state index contributed by atoms with van der Waals surface area (Å²) in [5, 5.41) is 0. The monoisotopic (exact) mass is 301 g/mol. The van der Waals surface area contributed by atoms with Crippen molar-refractivity contribution in [2.75, 3.05) is 45.9 Å². The molecule has 2 N–H and O–H groups in total. The summed E-state index contributed by atoms with van der Waals surface area (Å²) < 4.78 is 5.33. The number of ether oxygens (including phenoxy) is 1. The van der Waals surface area contributed by atoms with Gasteiger partial charge < -0.3 is 15.4 Å². The molecule has 1 rings (SSSR count). The lowest BCUT2D eigenvalue weighted by Gasteiger charge is -2.33. The maximum atomic E-state index is 12.4. The molecule has 1 fully saturated rings. The Morgan fingerprint density at radius 2 is 1.90 bits per heavy atom. The van der Waals surface area contributed by atoms with E-state index in [4.69, 9.17) is 22.7 Å². The molecule has 0 unspecified atom stereocenters. The highest BCUT2D eigenvalue weighted by molar-refractivity contribution is 7.80. The quantitative estimate of drug-likeness (QED) is 0.738. The van der Waals surface area contributed by atoms with Crippen molar-refractivity contribution >= 4 is 23.1 Å². The van der Waals surface area contributed by atoms with Gasteiger partial charge in [0.2, 0.25) is 5.91 Å². The number of hydrogen-bond acceptors (Lipinski definition) is 4. The van der Waals surface area contributed by atoms with Gasteiger partial charge in [-0.3, -0.25) is 9.69 Å². The summed E-state index contributed by atoms with van der Waals surface area (Å²) in [5.74, 6) is 0.155. The minimum Gasteiger partial charge on any atom is -0.393 e. The summed E-state index contributed by atoms with van der Waals surface area (Å²) in [6, 6.07) is 0. The van der Waals surface area contributed by atoms with E-state index in [1.165, 1.54) is 0 Å². The Bertz CT molecular complexity index is 336. The van der Waals surface area contributed by atoms with Crippen LogP contribution >= 0.6 is 12.2 Å². The topological polar surface area (TPSA) is 58.8 Å². The molecule has 5 nitrogen and oxygen atoms in total. The Morgan fingerprint density at radius 3 is 2.40 bits per heavy atom. The van der Waals surface area contributed by atoms with Crippen LogP contribution in [0.1, 0.15) is 27.2 Å². The minimum atomic E-state index is -0.374. The van der Waals surface area contributed by atoms with E-state index < -0.39 is 0 Å². The Morgan fingerprint density at radius 1 is 1.30 bits per heavy atom. The van der Waals surface area contributed by atoms with E-state index >= 15 is 0 Å². The zero-order valence-corrected chi connectivity index (χ0v) is 13.7. The first-order valence-corrected chi connectivity index (χ1v) is 7.59. The third-order valence-electron chi connectivity index (χ3n) is 3.35. The number of morpholine rings is 1. The Labute approximate surface area is 127 Å². The second-order valence-electron chi connectivity index (χ2n) is 6.21. The summed E-state index contributed by atoms with van der Waals surface area (Å²) in [6.45, 7) is 11.5. The maximum absolute atomic E-state index is 12.4. The van der Waals surface area contributed by atoms with Crippen LogP contribution in [0.25, 0.3) is 0 Å². The van der Waals surface area contributed by atoms with Gasteiger partial charge in [0, 0.05) is 44.6 Å². The van der Waals surface area contributed by atoms with E-state index in [2.05, 4.69) is 4.90 Å². The number of carbonyl (C=O) groups is 1. The molecule has 0 atom stereocenters. The van der Waals surface area contributed by atoms with Crippen LogP contribution in [0.2, 0.25) is 0 Å². The average Bonchev–Trinajstić information content (AvgIpc) is 2.38. The van der Waals surface area contributed by atoms with E-state index in [1.54, 1.807) is 0 Å². The molecule has 20 heavy (non-hydrogen) atoms. The lowest BCUT2D eigenvalue weighted by Crippen LogP contribution is -2.46. The number of nitrogens with zero attached hydrogens (tertiary/aromatic N) is 2. The number of carbonyl (C=O) groups excluding carboxylic acids is 1. The molecule has 1 aliphatic heterocycles. The molecular weight excluding hydrogens is 274 g/mol. The fourth-order valence-corrected chi connectivity index (χ4v) is 2.21. The normalized spacial score (nSPS) is 16.9. The smallest absolute Gasteiger partial charge is 0.228 e. The summed E-state index contributed by atoms with van der Waals surface area (Å²) in [5.41, 5.74) is 5.18. The van der Waals surface area contributed by atoms with Crippen LogP contribution < -0.4 is 5.73 Å². The first-order valence-electron chi connectivity index (χ1n) is 7.18. The van der Waals surface area contributed by atoms with Crippen molar-refractivity contribution in [3.63, 3.8) is 0 Å². The van der Waals surface area contributed by atoms with Gasteiger partial charge >= 0.3 is 0 Å². The predicted octanol–water partition coefficient (Wildman–Crippen LogP) is 0.870. The van der Waals surface area contributed by atoms with Gasteiger partial charge in [0.15, 0.2) is 0 Å². The minimum absolute atomic E-state index is 0.155. The summed E-state index contributed by atoms with van der Waals surface area (Å²) in [7, 11) is 0. The highest BCUT2D eigenvalue weighted by Gasteiger charge is 2.27. The molecule has 6 heteroatoms.